The lowest BCUT2D eigenvalue weighted by molar-refractivity contribution is 0.391. The van der Waals surface area contributed by atoms with Gasteiger partial charge in [0.05, 0.1) is 17.4 Å². The topological polar surface area (TPSA) is 55.9 Å². The van der Waals surface area contributed by atoms with Crippen LogP contribution in [0.5, 0.6) is 0 Å². The molecule has 0 fully saturated rings. The van der Waals surface area contributed by atoms with Crippen molar-refractivity contribution in [3.8, 4) is 0 Å². The van der Waals surface area contributed by atoms with E-state index < -0.39 is 0 Å². The maximum absolute atomic E-state index is 5.64. The first-order valence-corrected chi connectivity index (χ1v) is 6.11. The van der Waals surface area contributed by atoms with Gasteiger partial charge in [-0.25, -0.2) is 0 Å². The summed E-state index contributed by atoms with van der Waals surface area (Å²) in [5.74, 6) is 6.30. The molecule has 0 saturated heterocycles. The summed E-state index contributed by atoms with van der Waals surface area (Å²) < 4.78 is 1.94. The molecule has 0 aliphatic rings. The monoisotopic (exact) mass is 224 g/mol. The SMILES string of the molecule is CCc1cc(C(CC(C)CC)NN)n(C)n1. The van der Waals surface area contributed by atoms with E-state index in [1.165, 1.54) is 12.1 Å². The van der Waals surface area contributed by atoms with E-state index >= 15 is 0 Å². The average Bonchev–Trinajstić information content (AvgIpc) is 2.67. The normalized spacial score (nSPS) is 15.1. The Bertz CT molecular complexity index is 319. The van der Waals surface area contributed by atoms with Crippen LogP contribution in [0.2, 0.25) is 0 Å². The minimum Gasteiger partial charge on any atom is -0.271 e. The van der Waals surface area contributed by atoms with Crippen LogP contribution in [-0.2, 0) is 13.5 Å². The van der Waals surface area contributed by atoms with Gasteiger partial charge >= 0.3 is 0 Å². The Hall–Kier alpha value is -0.870. The zero-order valence-corrected chi connectivity index (χ0v) is 10.8. The third-order valence-corrected chi connectivity index (χ3v) is 3.22. The number of nitrogens with one attached hydrogen (secondary N) is 1. The van der Waals surface area contributed by atoms with Gasteiger partial charge in [0.15, 0.2) is 0 Å². The van der Waals surface area contributed by atoms with Crippen LogP contribution < -0.4 is 11.3 Å². The lowest BCUT2D eigenvalue weighted by Crippen LogP contribution is -2.30. The first-order chi connectivity index (χ1) is 7.62. The Balaban J connectivity index is 2.81. The number of hydrogen-bond acceptors (Lipinski definition) is 3. The fraction of sp³-hybridized carbons (Fsp3) is 0.750. The predicted molar refractivity (Wildman–Crippen MR) is 66.7 cm³/mol. The quantitative estimate of drug-likeness (QED) is 0.573. The Labute approximate surface area is 98.2 Å². The molecule has 0 saturated carbocycles. The smallest absolute Gasteiger partial charge is 0.0631 e. The summed E-state index contributed by atoms with van der Waals surface area (Å²) >= 11 is 0. The highest BCUT2D eigenvalue weighted by Crippen LogP contribution is 2.22. The molecule has 4 nitrogen and oxygen atoms in total. The fourth-order valence-corrected chi connectivity index (χ4v) is 1.89. The molecule has 16 heavy (non-hydrogen) atoms. The Morgan fingerprint density at radius 1 is 1.50 bits per heavy atom. The van der Waals surface area contributed by atoms with Gasteiger partial charge in [-0.1, -0.05) is 27.2 Å². The molecule has 0 aliphatic heterocycles. The van der Waals surface area contributed by atoms with Crippen molar-refractivity contribution in [1.82, 2.24) is 15.2 Å². The van der Waals surface area contributed by atoms with Crippen LogP contribution in [0, 0.1) is 5.92 Å². The molecule has 1 aromatic heterocycles. The van der Waals surface area contributed by atoms with E-state index in [0.29, 0.717) is 5.92 Å². The molecule has 0 bridgehead atoms. The molecule has 2 unspecified atom stereocenters. The van der Waals surface area contributed by atoms with Gasteiger partial charge in [-0.2, -0.15) is 5.10 Å². The number of hydrazine groups is 1. The molecular weight excluding hydrogens is 200 g/mol. The Morgan fingerprint density at radius 3 is 2.62 bits per heavy atom. The van der Waals surface area contributed by atoms with E-state index in [1.54, 1.807) is 0 Å². The number of aromatic nitrogens is 2. The Morgan fingerprint density at radius 2 is 2.19 bits per heavy atom. The predicted octanol–water partition coefficient (Wildman–Crippen LogP) is 1.92. The third kappa shape index (κ3) is 3.06. The van der Waals surface area contributed by atoms with Gasteiger partial charge in [0, 0.05) is 7.05 Å². The molecule has 0 amide bonds. The first-order valence-electron chi connectivity index (χ1n) is 6.11. The highest BCUT2D eigenvalue weighted by Gasteiger charge is 2.17. The third-order valence-electron chi connectivity index (χ3n) is 3.22. The van der Waals surface area contributed by atoms with Crippen molar-refractivity contribution >= 4 is 0 Å². The summed E-state index contributed by atoms with van der Waals surface area (Å²) in [5, 5.41) is 4.45. The summed E-state index contributed by atoms with van der Waals surface area (Å²) in [6.45, 7) is 6.58. The van der Waals surface area contributed by atoms with Crippen LogP contribution in [-0.4, -0.2) is 9.78 Å². The summed E-state index contributed by atoms with van der Waals surface area (Å²) in [6.07, 6.45) is 3.20. The molecule has 1 heterocycles. The maximum atomic E-state index is 5.64. The number of hydrogen-bond donors (Lipinski definition) is 2. The second-order valence-corrected chi connectivity index (χ2v) is 4.51. The molecule has 1 aromatic rings. The van der Waals surface area contributed by atoms with Crippen LogP contribution in [0.3, 0.4) is 0 Å². The van der Waals surface area contributed by atoms with Crippen LogP contribution in [0.1, 0.15) is 51.0 Å². The standard InChI is InChI=1S/C12H24N4/c1-5-9(3)7-11(14-13)12-8-10(6-2)15-16(12)4/h8-9,11,14H,5-7,13H2,1-4H3. The van der Waals surface area contributed by atoms with E-state index in [0.717, 1.165) is 18.5 Å². The van der Waals surface area contributed by atoms with E-state index in [-0.39, 0.29) is 6.04 Å². The van der Waals surface area contributed by atoms with Gasteiger partial charge in [0.2, 0.25) is 0 Å². The van der Waals surface area contributed by atoms with Crippen LogP contribution in [0.4, 0.5) is 0 Å². The molecule has 0 aromatic carbocycles. The molecular formula is C12H24N4. The zero-order valence-electron chi connectivity index (χ0n) is 10.8. The van der Waals surface area contributed by atoms with Crippen LogP contribution in [0.15, 0.2) is 6.07 Å². The number of nitrogens with zero attached hydrogens (tertiary/aromatic N) is 2. The van der Waals surface area contributed by atoms with Crippen LogP contribution in [0.25, 0.3) is 0 Å². The van der Waals surface area contributed by atoms with E-state index in [9.17, 15) is 0 Å². The highest BCUT2D eigenvalue weighted by molar-refractivity contribution is 5.14. The first kappa shape index (κ1) is 13.2. The van der Waals surface area contributed by atoms with Crippen molar-refractivity contribution in [2.24, 2.45) is 18.8 Å². The maximum Gasteiger partial charge on any atom is 0.0631 e. The summed E-state index contributed by atoms with van der Waals surface area (Å²) in [5.41, 5.74) is 5.21. The van der Waals surface area contributed by atoms with Crippen molar-refractivity contribution in [2.75, 3.05) is 0 Å². The number of rotatable bonds is 6. The minimum atomic E-state index is 0.202. The number of nitrogens with two attached hydrogens (primary N) is 1. The van der Waals surface area contributed by atoms with E-state index in [2.05, 4.69) is 37.4 Å². The highest BCUT2D eigenvalue weighted by atomic mass is 15.3. The van der Waals surface area contributed by atoms with Gasteiger partial charge in [-0.3, -0.25) is 16.0 Å². The molecule has 3 N–H and O–H groups in total. The molecule has 0 aliphatic carbocycles. The molecule has 2 atom stereocenters. The van der Waals surface area contributed by atoms with Crippen LogP contribution >= 0.6 is 0 Å². The molecule has 0 radical (unpaired) electrons. The van der Waals surface area contributed by atoms with Gasteiger partial charge in [-0.15, -0.1) is 0 Å². The van der Waals surface area contributed by atoms with E-state index in [1.807, 2.05) is 11.7 Å². The van der Waals surface area contributed by atoms with Crippen molar-refractivity contribution in [1.29, 1.82) is 0 Å². The average molecular weight is 224 g/mol. The lowest BCUT2D eigenvalue weighted by Gasteiger charge is -2.19. The van der Waals surface area contributed by atoms with Crippen molar-refractivity contribution < 1.29 is 0 Å². The molecule has 4 heteroatoms. The van der Waals surface area contributed by atoms with Gasteiger partial charge < -0.3 is 0 Å². The van der Waals surface area contributed by atoms with E-state index in [4.69, 9.17) is 5.84 Å². The lowest BCUT2D eigenvalue weighted by atomic mass is 9.97. The number of aryl methyl sites for hydroxylation is 2. The second-order valence-electron chi connectivity index (χ2n) is 4.51. The van der Waals surface area contributed by atoms with Crippen molar-refractivity contribution in [3.63, 3.8) is 0 Å². The minimum absolute atomic E-state index is 0.202. The zero-order chi connectivity index (χ0) is 12.1. The summed E-state index contributed by atoms with van der Waals surface area (Å²) in [4.78, 5) is 0. The molecule has 1 rings (SSSR count). The fourth-order valence-electron chi connectivity index (χ4n) is 1.89. The molecule has 0 spiro atoms. The molecule has 92 valence electrons. The summed E-state index contributed by atoms with van der Waals surface area (Å²) in [7, 11) is 1.98. The summed E-state index contributed by atoms with van der Waals surface area (Å²) in [6, 6.07) is 2.35. The van der Waals surface area contributed by atoms with Crippen molar-refractivity contribution in [2.45, 2.75) is 46.1 Å². The Kier molecular flexibility index (Phi) is 4.96. The van der Waals surface area contributed by atoms with Crippen molar-refractivity contribution in [3.05, 3.63) is 17.5 Å². The van der Waals surface area contributed by atoms with Gasteiger partial charge in [-0.05, 0) is 24.8 Å². The second kappa shape index (κ2) is 6.01. The van der Waals surface area contributed by atoms with Gasteiger partial charge in [0.25, 0.3) is 0 Å². The largest absolute Gasteiger partial charge is 0.271 e. The van der Waals surface area contributed by atoms with Gasteiger partial charge in [0.1, 0.15) is 0 Å².